The molecule has 0 radical (unpaired) electrons. The topological polar surface area (TPSA) is 75.4 Å². The summed E-state index contributed by atoms with van der Waals surface area (Å²) >= 11 is 1.68. The lowest BCUT2D eigenvalue weighted by Gasteiger charge is -2.31. The number of hydrogen-bond acceptors (Lipinski definition) is 4. The zero-order chi connectivity index (χ0) is 20.3. The van der Waals surface area contributed by atoms with E-state index in [4.69, 9.17) is 9.90 Å². The first-order valence-corrected chi connectivity index (χ1v) is 9.25. The number of aromatic nitrogens is 2. The van der Waals surface area contributed by atoms with Crippen molar-refractivity contribution < 1.29 is 27.9 Å². The number of carboxylic acid groups (broad SMARTS) is 1. The number of fused-ring (bicyclic) bond motifs is 1. The Bertz CT molecular complexity index is 979. The molecule has 1 fully saturated rings. The van der Waals surface area contributed by atoms with Crippen LogP contribution in [0.5, 0.6) is 0 Å². The molecule has 1 aliphatic rings. The predicted molar refractivity (Wildman–Crippen MR) is 97.9 cm³/mol. The molecular weight excluding hydrogens is 395 g/mol. The first-order valence-electron chi connectivity index (χ1n) is 8.31. The first kappa shape index (κ1) is 19.9. The zero-order valence-electron chi connectivity index (χ0n) is 14.5. The highest BCUT2D eigenvalue weighted by Crippen LogP contribution is 2.25. The number of amides is 1. The van der Waals surface area contributed by atoms with Crippen molar-refractivity contribution in [1.29, 1.82) is 0 Å². The smallest absolute Gasteiger partial charge is 0.475 e. The molecule has 0 saturated carbocycles. The fourth-order valence-electron chi connectivity index (χ4n) is 2.60. The molecule has 4 rings (SSSR count). The molecule has 0 spiro atoms. The van der Waals surface area contributed by atoms with Crippen molar-refractivity contribution >= 4 is 34.2 Å². The van der Waals surface area contributed by atoms with Crippen molar-refractivity contribution in [3.05, 3.63) is 41.4 Å². The highest BCUT2D eigenvalue weighted by molar-refractivity contribution is 7.08. The van der Waals surface area contributed by atoms with Crippen LogP contribution in [0.2, 0.25) is 0 Å². The Balaban J connectivity index is 0.000000279. The number of likely N-dealkylation sites (tertiary alicyclic amines) is 1. The van der Waals surface area contributed by atoms with Crippen molar-refractivity contribution in [2.45, 2.75) is 19.1 Å². The molecule has 0 aliphatic carbocycles. The molecule has 4 heterocycles. The minimum absolute atomic E-state index is 0.194. The van der Waals surface area contributed by atoms with E-state index in [1.807, 2.05) is 27.9 Å². The Morgan fingerprint density at radius 2 is 1.93 bits per heavy atom. The van der Waals surface area contributed by atoms with Gasteiger partial charge in [0.1, 0.15) is 6.54 Å². The molecular formula is C18H16F3N3O3S. The third-order valence-corrected chi connectivity index (χ3v) is 4.91. The van der Waals surface area contributed by atoms with Gasteiger partial charge in [-0.05, 0) is 40.9 Å². The number of halogens is 3. The molecule has 3 aromatic rings. The number of rotatable bonds is 3. The molecule has 0 aromatic carbocycles. The summed E-state index contributed by atoms with van der Waals surface area (Å²) in [5.74, 6) is -2.56. The van der Waals surface area contributed by atoms with Gasteiger partial charge in [0.2, 0.25) is 5.91 Å². The van der Waals surface area contributed by atoms with Crippen molar-refractivity contribution in [2.24, 2.45) is 0 Å². The Kier molecular flexibility index (Phi) is 5.68. The van der Waals surface area contributed by atoms with E-state index in [9.17, 15) is 18.0 Å². The van der Waals surface area contributed by atoms with Crippen LogP contribution in [0, 0.1) is 0 Å². The number of alkyl halides is 3. The maximum absolute atomic E-state index is 12.1. The number of carboxylic acids is 1. The van der Waals surface area contributed by atoms with E-state index in [0.717, 1.165) is 36.1 Å². The Hall–Kier alpha value is -2.88. The summed E-state index contributed by atoms with van der Waals surface area (Å²) in [6, 6.07) is 6.18. The normalized spacial score (nSPS) is 13.6. The van der Waals surface area contributed by atoms with Crippen LogP contribution in [0.25, 0.3) is 22.2 Å². The molecule has 0 atom stereocenters. The Morgan fingerprint density at radius 3 is 2.46 bits per heavy atom. The van der Waals surface area contributed by atoms with Crippen molar-refractivity contribution in [1.82, 2.24) is 14.5 Å². The number of hydrogen-bond donors (Lipinski definition) is 1. The van der Waals surface area contributed by atoms with Gasteiger partial charge in [0.05, 0.1) is 11.0 Å². The van der Waals surface area contributed by atoms with Gasteiger partial charge in [0, 0.05) is 31.0 Å². The van der Waals surface area contributed by atoms with E-state index < -0.39 is 12.1 Å². The lowest BCUT2D eigenvalue weighted by atomic mass is 10.1. The fourth-order valence-corrected chi connectivity index (χ4v) is 3.26. The SMILES string of the molecule is O=C(Cn1ccc2ncc(-c3ccsc3)cc21)N1CCC1.O=C(O)C(F)(F)F. The summed E-state index contributed by atoms with van der Waals surface area (Å²) in [4.78, 5) is 27.4. The van der Waals surface area contributed by atoms with Gasteiger partial charge in [-0.1, -0.05) is 0 Å². The van der Waals surface area contributed by atoms with Gasteiger partial charge >= 0.3 is 12.1 Å². The van der Waals surface area contributed by atoms with Crippen LogP contribution in [0.4, 0.5) is 13.2 Å². The van der Waals surface area contributed by atoms with Crippen LogP contribution in [0.1, 0.15) is 6.42 Å². The van der Waals surface area contributed by atoms with Crippen LogP contribution in [0.3, 0.4) is 0 Å². The maximum atomic E-state index is 12.1. The third kappa shape index (κ3) is 4.50. The summed E-state index contributed by atoms with van der Waals surface area (Å²) in [5.41, 5.74) is 4.23. The summed E-state index contributed by atoms with van der Waals surface area (Å²) in [5, 5.41) is 11.3. The maximum Gasteiger partial charge on any atom is 0.490 e. The van der Waals surface area contributed by atoms with Gasteiger partial charge in [-0.2, -0.15) is 24.5 Å². The van der Waals surface area contributed by atoms with E-state index in [1.165, 1.54) is 5.56 Å². The number of pyridine rings is 1. The minimum atomic E-state index is -5.08. The quantitative estimate of drug-likeness (QED) is 0.714. The average molecular weight is 411 g/mol. The third-order valence-electron chi connectivity index (χ3n) is 4.23. The molecule has 0 bridgehead atoms. The van der Waals surface area contributed by atoms with Crippen molar-refractivity contribution in [3.8, 4) is 11.1 Å². The van der Waals surface area contributed by atoms with E-state index in [1.54, 1.807) is 11.3 Å². The Morgan fingerprint density at radius 1 is 1.21 bits per heavy atom. The molecule has 1 N–H and O–H groups in total. The average Bonchev–Trinajstić information content (AvgIpc) is 3.23. The van der Waals surface area contributed by atoms with Crippen molar-refractivity contribution in [2.75, 3.05) is 13.1 Å². The molecule has 3 aromatic heterocycles. The van der Waals surface area contributed by atoms with Crippen LogP contribution in [-0.4, -0.2) is 50.7 Å². The lowest BCUT2D eigenvalue weighted by Crippen LogP contribution is -2.43. The number of carbonyl (C=O) groups excluding carboxylic acids is 1. The molecule has 148 valence electrons. The largest absolute Gasteiger partial charge is 0.490 e. The number of thiophene rings is 1. The lowest BCUT2D eigenvalue weighted by molar-refractivity contribution is -0.192. The fraction of sp³-hybridized carbons (Fsp3) is 0.278. The minimum Gasteiger partial charge on any atom is -0.475 e. The van der Waals surface area contributed by atoms with E-state index in [2.05, 4.69) is 27.9 Å². The summed E-state index contributed by atoms with van der Waals surface area (Å²) in [7, 11) is 0. The highest BCUT2D eigenvalue weighted by Gasteiger charge is 2.38. The second-order valence-corrected chi connectivity index (χ2v) is 6.90. The number of nitrogens with zero attached hydrogens (tertiary/aromatic N) is 3. The summed E-state index contributed by atoms with van der Waals surface area (Å²) < 4.78 is 33.7. The summed E-state index contributed by atoms with van der Waals surface area (Å²) in [6.45, 7) is 2.20. The van der Waals surface area contributed by atoms with Gasteiger partial charge in [-0.25, -0.2) is 4.79 Å². The predicted octanol–water partition coefficient (Wildman–Crippen LogP) is 3.63. The molecule has 10 heteroatoms. The van der Waals surface area contributed by atoms with Crippen LogP contribution in [-0.2, 0) is 16.1 Å². The van der Waals surface area contributed by atoms with E-state index in [0.29, 0.717) is 6.54 Å². The molecule has 0 unspecified atom stereocenters. The zero-order valence-corrected chi connectivity index (χ0v) is 15.3. The van der Waals surface area contributed by atoms with E-state index in [-0.39, 0.29) is 5.91 Å². The van der Waals surface area contributed by atoms with Crippen LogP contribution >= 0.6 is 11.3 Å². The standard InChI is InChI=1S/C16H15N3OS.C2HF3O2/c20-16(18-4-1-5-18)10-19-6-2-14-15(19)8-13(9-17-14)12-3-7-21-11-12;3-2(4,5)1(6)7/h2-3,6-9,11H,1,4-5,10H2;(H,6,7). The van der Waals surface area contributed by atoms with Crippen molar-refractivity contribution in [3.63, 3.8) is 0 Å². The molecule has 1 saturated heterocycles. The molecule has 1 aliphatic heterocycles. The monoisotopic (exact) mass is 411 g/mol. The number of carbonyl (C=O) groups is 2. The van der Waals surface area contributed by atoms with Gasteiger partial charge in [0.15, 0.2) is 0 Å². The van der Waals surface area contributed by atoms with Gasteiger partial charge < -0.3 is 14.6 Å². The molecule has 1 amide bonds. The van der Waals surface area contributed by atoms with Gasteiger partial charge in [-0.3, -0.25) is 9.78 Å². The highest BCUT2D eigenvalue weighted by atomic mass is 32.1. The van der Waals surface area contributed by atoms with Crippen LogP contribution < -0.4 is 0 Å². The van der Waals surface area contributed by atoms with E-state index >= 15 is 0 Å². The molecule has 28 heavy (non-hydrogen) atoms. The second-order valence-electron chi connectivity index (χ2n) is 6.12. The first-order chi connectivity index (χ1) is 13.3. The second kappa shape index (κ2) is 8.01. The summed E-state index contributed by atoms with van der Waals surface area (Å²) in [6.07, 6.45) is -0.110. The van der Waals surface area contributed by atoms with Gasteiger partial charge in [0.25, 0.3) is 0 Å². The molecule has 6 nitrogen and oxygen atoms in total. The van der Waals surface area contributed by atoms with Crippen LogP contribution in [0.15, 0.2) is 41.4 Å². The van der Waals surface area contributed by atoms with Gasteiger partial charge in [-0.15, -0.1) is 0 Å². The Labute approximate surface area is 161 Å². The number of aliphatic carboxylic acids is 1.